The van der Waals surface area contributed by atoms with Gasteiger partial charge in [-0.05, 0) is 89.5 Å². The number of halogens is 2. The molecule has 0 heterocycles. The molecular formula is C23H23FINO2. The Kier molecular flexibility index (Phi) is 7.14. The van der Waals surface area contributed by atoms with E-state index in [0.29, 0.717) is 24.7 Å². The van der Waals surface area contributed by atoms with Crippen LogP contribution in [0.4, 0.5) is 10.1 Å². The van der Waals surface area contributed by atoms with Crippen molar-refractivity contribution in [3.63, 3.8) is 0 Å². The number of hydrogen-bond donors (Lipinski definition) is 1. The van der Waals surface area contributed by atoms with Gasteiger partial charge in [-0.2, -0.15) is 0 Å². The second-order valence-electron chi connectivity index (χ2n) is 6.48. The molecule has 0 fully saturated rings. The molecule has 5 heteroatoms. The number of ether oxygens (including phenoxy) is 2. The van der Waals surface area contributed by atoms with Crippen molar-refractivity contribution < 1.29 is 13.9 Å². The van der Waals surface area contributed by atoms with Crippen LogP contribution in [0.5, 0.6) is 11.5 Å². The molecule has 0 radical (unpaired) electrons. The number of nitrogens with one attached hydrogen (secondary N) is 1. The van der Waals surface area contributed by atoms with Crippen LogP contribution >= 0.6 is 22.6 Å². The summed E-state index contributed by atoms with van der Waals surface area (Å²) in [5.41, 5.74) is 4.19. The summed E-state index contributed by atoms with van der Waals surface area (Å²) in [5.74, 6) is 1.12. The SMILES string of the molecule is CCOc1cc(CNc2cccc(C)c2)cc(I)c1OCc1cccc(F)c1. The molecule has 0 atom stereocenters. The van der Waals surface area contributed by atoms with Crippen LogP contribution < -0.4 is 14.8 Å². The molecule has 0 aromatic heterocycles. The van der Waals surface area contributed by atoms with Crippen molar-refractivity contribution >= 4 is 28.3 Å². The highest BCUT2D eigenvalue weighted by atomic mass is 127. The van der Waals surface area contributed by atoms with E-state index in [1.165, 1.54) is 17.7 Å². The van der Waals surface area contributed by atoms with Crippen LogP contribution in [0.2, 0.25) is 0 Å². The lowest BCUT2D eigenvalue weighted by molar-refractivity contribution is 0.267. The van der Waals surface area contributed by atoms with Crippen molar-refractivity contribution in [3.8, 4) is 11.5 Å². The fourth-order valence-corrected chi connectivity index (χ4v) is 3.69. The average Bonchev–Trinajstić information content (AvgIpc) is 2.66. The second-order valence-corrected chi connectivity index (χ2v) is 7.64. The molecule has 0 saturated heterocycles. The van der Waals surface area contributed by atoms with Crippen molar-refractivity contribution in [3.05, 3.63) is 86.7 Å². The first-order valence-corrected chi connectivity index (χ1v) is 10.3. The molecule has 1 N–H and O–H groups in total. The van der Waals surface area contributed by atoms with Gasteiger partial charge in [0.15, 0.2) is 11.5 Å². The van der Waals surface area contributed by atoms with Gasteiger partial charge in [-0.15, -0.1) is 0 Å². The lowest BCUT2D eigenvalue weighted by Crippen LogP contribution is -2.05. The summed E-state index contributed by atoms with van der Waals surface area (Å²) in [4.78, 5) is 0. The van der Waals surface area contributed by atoms with Gasteiger partial charge >= 0.3 is 0 Å². The van der Waals surface area contributed by atoms with Crippen molar-refractivity contribution in [1.82, 2.24) is 0 Å². The Morgan fingerprint density at radius 3 is 2.54 bits per heavy atom. The maximum absolute atomic E-state index is 13.4. The van der Waals surface area contributed by atoms with Crippen LogP contribution in [0.25, 0.3) is 0 Å². The summed E-state index contributed by atoms with van der Waals surface area (Å²) in [5, 5.41) is 3.44. The minimum Gasteiger partial charge on any atom is -0.490 e. The van der Waals surface area contributed by atoms with Crippen LogP contribution in [0.3, 0.4) is 0 Å². The zero-order valence-corrected chi connectivity index (χ0v) is 18.1. The zero-order valence-electron chi connectivity index (χ0n) is 16.0. The fraction of sp³-hybridized carbons (Fsp3) is 0.217. The molecule has 0 bridgehead atoms. The van der Waals surface area contributed by atoms with E-state index in [1.807, 2.05) is 25.1 Å². The Morgan fingerprint density at radius 2 is 1.79 bits per heavy atom. The summed E-state index contributed by atoms with van der Waals surface area (Å²) in [6.45, 7) is 5.53. The first-order valence-electron chi connectivity index (χ1n) is 9.18. The van der Waals surface area contributed by atoms with E-state index in [9.17, 15) is 4.39 Å². The van der Waals surface area contributed by atoms with E-state index < -0.39 is 0 Å². The summed E-state index contributed by atoms with van der Waals surface area (Å²) in [7, 11) is 0. The molecule has 3 aromatic carbocycles. The molecule has 0 aliphatic heterocycles. The Bertz CT molecular complexity index is 946. The van der Waals surface area contributed by atoms with Gasteiger partial charge in [0.1, 0.15) is 12.4 Å². The lowest BCUT2D eigenvalue weighted by atomic mass is 10.1. The number of hydrogen-bond acceptors (Lipinski definition) is 3. The molecule has 0 spiro atoms. The van der Waals surface area contributed by atoms with Crippen molar-refractivity contribution in [2.45, 2.75) is 27.0 Å². The van der Waals surface area contributed by atoms with Gasteiger partial charge < -0.3 is 14.8 Å². The minimum absolute atomic E-state index is 0.265. The van der Waals surface area contributed by atoms with Gasteiger partial charge in [-0.1, -0.05) is 24.3 Å². The Hall–Kier alpha value is -2.28. The number of aryl methyl sites for hydroxylation is 1. The van der Waals surface area contributed by atoms with Crippen LogP contribution in [0.15, 0.2) is 60.7 Å². The fourth-order valence-electron chi connectivity index (χ4n) is 2.87. The number of benzene rings is 3. The second kappa shape index (κ2) is 9.78. The van der Waals surface area contributed by atoms with Crippen LogP contribution in [-0.2, 0) is 13.2 Å². The molecule has 0 unspecified atom stereocenters. The molecule has 146 valence electrons. The highest BCUT2D eigenvalue weighted by Crippen LogP contribution is 2.35. The molecular weight excluding hydrogens is 468 g/mol. The third kappa shape index (κ3) is 5.61. The first kappa shape index (κ1) is 20.5. The molecule has 0 aliphatic rings. The topological polar surface area (TPSA) is 30.5 Å². The van der Waals surface area contributed by atoms with Gasteiger partial charge in [-0.3, -0.25) is 0 Å². The van der Waals surface area contributed by atoms with Crippen molar-refractivity contribution in [2.24, 2.45) is 0 Å². The molecule has 3 nitrogen and oxygen atoms in total. The first-order chi connectivity index (χ1) is 13.5. The minimum atomic E-state index is -0.265. The van der Waals surface area contributed by atoms with E-state index in [4.69, 9.17) is 9.47 Å². The number of rotatable bonds is 8. The van der Waals surface area contributed by atoms with E-state index in [2.05, 4.69) is 59.1 Å². The van der Waals surface area contributed by atoms with Crippen molar-refractivity contribution in [2.75, 3.05) is 11.9 Å². The Morgan fingerprint density at radius 1 is 0.964 bits per heavy atom. The summed E-state index contributed by atoms with van der Waals surface area (Å²) >= 11 is 2.25. The molecule has 3 rings (SSSR count). The third-order valence-electron chi connectivity index (χ3n) is 4.16. The molecule has 28 heavy (non-hydrogen) atoms. The highest BCUT2D eigenvalue weighted by Gasteiger charge is 2.13. The predicted molar refractivity (Wildman–Crippen MR) is 120 cm³/mol. The maximum Gasteiger partial charge on any atom is 0.174 e. The number of anilines is 1. The smallest absolute Gasteiger partial charge is 0.174 e. The molecule has 0 amide bonds. The highest BCUT2D eigenvalue weighted by molar-refractivity contribution is 14.1. The van der Waals surface area contributed by atoms with Crippen LogP contribution in [-0.4, -0.2) is 6.61 Å². The van der Waals surface area contributed by atoms with E-state index in [1.54, 1.807) is 6.07 Å². The summed E-state index contributed by atoms with van der Waals surface area (Å²) in [6.07, 6.45) is 0. The summed E-state index contributed by atoms with van der Waals surface area (Å²) < 4.78 is 26.1. The van der Waals surface area contributed by atoms with Gasteiger partial charge in [0.25, 0.3) is 0 Å². The predicted octanol–water partition coefficient (Wildman–Crippen LogP) is 6.33. The van der Waals surface area contributed by atoms with E-state index in [-0.39, 0.29) is 12.4 Å². The lowest BCUT2D eigenvalue weighted by Gasteiger charge is -2.16. The Labute approximate surface area is 179 Å². The van der Waals surface area contributed by atoms with Crippen LogP contribution in [0, 0.1) is 16.3 Å². The normalized spacial score (nSPS) is 10.6. The largest absolute Gasteiger partial charge is 0.490 e. The average molecular weight is 491 g/mol. The van der Waals surface area contributed by atoms with Crippen LogP contribution in [0.1, 0.15) is 23.6 Å². The molecule has 3 aromatic rings. The monoisotopic (exact) mass is 491 g/mol. The quantitative estimate of drug-likeness (QED) is 0.374. The summed E-state index contributed by atoms with van der Waals surface area (Å²) in [6, 6.07) is 18.8. The van der Waals surface area contributed by atoms with E-state index >= 15 is 0 Å². The van der Waals surface area contributed by atoms with Crippen molar-refractivity contribution in [1.29, 1.82) is 0 Å². The van der Waals surface area contributed by atoms with Gasteiger partial charge in [0.2, 0.25) is 0 Å². The Balaban J connectivity index is 1.75. The van der Waals surface area contributed by atoms with E-state index in [0.717, 1.165) is 20.4 Å². The van der Waals surface area contributed by atoms with Gasteiger partial charge in [0.05, 0.1) is 10.2 Å². The molecule has 0 saturated carbocycles. The molecule has 0 aliphatic carbocycles. The third-order valence-corrected chi connectivity index (χ3v) is 4.96. The van der Waals surface area contributed by atoms with Gasteiger partial charge in [-0.25, -0.2) is 4.39 Å². The zero-order chi connectivity index (χ0) is 19.9. The van der Waals surface area contributed by atoms with Gasteiger partial charge in [0, 0.05) is 12.2 Å². The standard InChI is InChI=1S/C23H23FINO2/c1-3-27-22-13-18(14-26-20-9-4-6-16(2)10-20)12-21(25)23(22)28-15-17-7-5-8-19(24)11-17/h4-13,26H,3,14-15H2,1-2H3. The maximum atomic E-state index is 13.4.